The molecule has 0 spiro atoms. The van der Waals surface area contributed by atoms with Crippen molar-refractivity contribution in [1.29, 1.82) is 0 Å². The van der Waals surface area contributed by atoms with Gasteiger partial charge in [-0.1, -0.05) is 28.1 Å². The van der Waals surface area contributed by atoms with Gasteiger partial charge in [-0.2, -0.15) is 0 Å². The smallest absolute Gasteiger partial charge is 0.251 e. The Morgan fingerprint density at radius 1 is 0.923 bits per heavy atom. The monoisotopic (exact) mass is 435 g/mol. The molecule has 0 heterocycles. The van der Waals surface area contributed by atoms with Crippen LogP contribution in [0.25, 0.3) is 0 Å². The van der Waals surface area contributed by atoms with E-state index in [-0.39, 0.29) is 29.2 Å². The van der Waals surface area contributed by atoms with Crippen LogP contribution in [0.3, 0.4) is 0 Å². The standard InChI is InChI=1S/C18H18BrN3O3S/c1-20-18(25)12-4-2-6-14(8-12)21-16(23)10-26-11-17(24)22-15-7-3-5-13(19)9-15/h2-9H,10-11H2,1H3,(H,20,25)(H,21,23)(H,22,24). The van der Waals surface area contributed by atoms with Crippen molar-refractivity contribution in [3.8, 4) is 0 Å². The Hall–Kier alpha value is -2.32. The molecule has 26 heavy (non-hydrogen) atoms. The van der Waals surface area contributed by atoms with Crippen LogP contribution in [0.1, 0.15) is 10.4 Å². The second kappa shape index (κ2) is 9.98. The number of benzene rings is 2. The van der Waals surface area contributed by atoms with Crippen molar-refractivity contribution in [2.24, 2.45) is 0 Å². The fourth-order valence-corrected chi connectivity index (χ4v) is 3.10. The van der Waals surface area contributed by atoms with E-state index in [2.05, 4.69) is 31.9 Å². The maximum atomic E-state index is 12.0. The molecule has 136 valence electrons. The lowest BCUT2D eigenvalue weighted by atomic mass is 10.2. The molecule has 2 rings (SSSR count). The largest absolute Gasteiger partial charge is 0.355 e. The molecule has 2 aromatic rings. The molecular weight excluding hydrogens is 418 g/mol. The zero-order valence-corrected chi connectivity index (χ0v) is 16.4. The first kappa shape index (κ1) is 20.0. The quantitative estimate of drug-likeness (QED) is 0.623. The average Bonchev–Trinajstić information content (AvgIpc) is 2.61. The minimum Gasteiger partial charge on any atom is -0.355 e. The number of amides is 3. The maximum Gasteiger partial charge on any atom is 0.251 e. The Kier molecular flexibility index (Phi) is 7.68. The van der Waals surface area contributed by atoms with Crippen LogP contribution in [0.15, 0.2) is 53.0 Å². The number of nitrogens with one attached hydrogen (secondary N) is 3. The third-order valence-corrected chi connectivity index (χ3v) is 4.64. The molecule has 0 aliphatic carbocycles. The van der Waals surface area contributed by atoms with E-state index >= 15 is 0 Å². The predicted octanol–water partition coefficient (Wildman–Crippen LogP) is 3.12. The Bertz CT molecular complexity index is 814. The summed E-state index contributed by atoms with van der Waals surface area (Å²) in [7, 11) is 1.55. The molecule has 0 aliphatic rings. The van der Waals surface area contributed by atoms with Crippen LogP contribution in [-0.4, -0.2) is 36.3 Å². The molecule has 0 fully saturated rings. The first-order valence-corrected chi connectivity index (χ1v) is 9.68. The summed E-state index contributed by atoms with van der Waals surface area (Å²) < 4.78 is 0.876. The average molecular weight is 436 g/mol. The SMILES string of the molecule is CNC(=O)c1cccc(NC(=O)CSCC(=O)Nc2cccc(Br)c2)c1. The molecule has 0 radical (unpaired) electrons. The Balaban J connectivity index is 1.76. The summed E-state index contributed by atoms with van der Waals surface area (Å²) in [4.78, 5) is 35.5. The van der Waals surface area contributed by atoms with Gasteiger partial charge in [-0.25, -0.2) is 0 Å². The first-order chi connectivity index (χ1) is 12.5. The van der Waals surface area contributed by atoms with Gasteiger partial charge in [0, 0.05) is 28.5 Å². The van der Waals surface area contributed by atoms with Crippen LogP contribution < -0.4 is 16.0 Å². The Labute approximate surface area is 164 Å². The van der Waals surface area contributed by atoms with E-state index < -0.39 is 0 Å². The van der Waals surface area contributed by atoms with Gasteiger partial charge in [-0.15, -0.1) is 11.8 Å². The summed E-state index contributed by atoms with van der Waals surface area (Å²) in [6.45, 7) is 0. The molecule has 2 aromatic carbocycles. The molecule has 6 nitrogen and oxygen atoms in total. The normalized spacial score (nSPS) is 10.1. The van der Waals surface area contributed by atoms with Crippen LogP contribution >= 0.6 is 27.7 Å². The highest BCUT2D eigenvalue weighted by Crippen LogP contribution is 2.16. The van der Waals surface area contributed by atoms with Crippen LogP contribution in [0.5, 0.6) is 0 Å². The number of halogens is 1. The van der Waals surface area contributed by atoms with Gasteiger partial charge >= 0.3 is 0 Å². The summed E-state index contributed by atoms with van der Waals surface area (Å²) in [6.07, 6.45) is 0. The van der Waals surface area contributed by atoms with Crippen molar-refractivity contribution < 1.29 is 14.4 Å². The van der Waals surface area contributed by atoms with Gasteiger partial charge in [0.05, 0.1) is 11.5 Å². The number of carbonyl (C=O) groups is 3. The highest BCUT2D eigenvalue weighted by molar-refractivity contribution is 9.10. The number of rotatable bonds is 7. The molecular formula is C18H18BrN3O3S. The second-order valence-corrected chi connectivity index (χ2v) is 7.16. The first-order valence-electron chi connectivity index (χ1n) is 7.73. The third-order valence-electron chi connectivity index (χ3n) is 3.21. The van der Waals surface area contributed by atoms with Crippen LogP contribution in [0, 0.1) is 0 Å². The predicted molar refractivity (Wildman–Crippen MR) is 109 cm³/mol. The zero-order chi connectivity index (χ0) is 18.9. The van der Waals surface area contributed by atoms with Crippen molar-refractivity contribution in [1.82, 2.24) is 5.32 Å². The highest BCUT2D eigenvalue weighted by Gasteiger charge is 2.08. The lowest BCUT2D eigenvalue weighted by molar-refractivity contribution is -0.114. The van der Waals surface area contributed by atoms with Gasteiger partial charge in [-0.05, 0) is 36.4 Å². The molecule has 0 saturated heterocycles. The Morgan fingerprint density at radius 3 is 2.08 bits per heavy atom. The molecule has 0 atom stereocenters. The van der Waals surface area contributed by atoms with E-state index in [0.29, 0.717) is 16.9 Å². The van der Waals surface area contributed by atoms with Crippen LogP contribution in [-0.2, 0) is 9.59 Å². The van der Waals surface area contributed by atoms with Crippen LogP contribution in [0.4, 0.5) is 11.4 Å². The number of anilines is 2. The number of hydrogen-bond donors (Lipinski definition) is 3. The van der Waals surface area contributed by atoms with Gasteiger partial charge in [-0.3, -0.25) is 14.4 Å². The lowest BCUT2D eigenvalue weighted by Crippen LogP contribution is -2.20. The van der Waals surface area contributed by atoms with Crippen molar-refractivity contribution >= 4 is 56.8 Å². The minimum atomic E-state index is -0.237. The number of hydrogen-bond acceptors (Lipinski definition) is 4. The lowest BCUT2D eigenvalue weighted by Gasteiger charge is -2.08. The number of thioether (sulfide) groups is 1. The van der Waals surface area contributed by atoms with Gasteiger partial charge in [0.1, 0.15) is 0 Å². The van der Waals surface area contributed by atoms with E-state index in [4.69, 9.17) is 0 Å². The zero-order valence-electron chi connectivity index (χ0n) is 14.0. The highest BCUT2D eigenvalue weighted by atomic mass is 79.9. The van der Waals surface area contributed by atoms with E-state index in [0.717, 1.165) is 4.47 Å². The molecule has 0 aliphatic heterocycles. The summed E-state index contributed by atoms with van der Waals surface area (Å²) >= 11 is 4.55. The van der Waals surface area contributed by atoms with E-state index in [9.17, 15) is 14.4 Å². The van der Waals surface area contributed by atoms with Crippen molar-refractivity contribution in [2.75, 3.05) is 29.2 Å². The summed E-state index contributed by atoms with van der Waals surface area (Å²) in [5, 5.41) is 8.01. The molecule has 3 N–H and O–H groups in total. The topological polar surface area (TPSA) is 87.3 Å². The molecule has 8 heteroatoms. The van der Waals surface area contributed by atoms with E-state index in [1.54, 1.807) is 43.4 Å². The second-order valence-electron chi connectivity index (χ2n) is 5.26. The summed E-state index contributed by atoms with van der Waals surface area (Å²) in [6, 6.07) is 13.9. The van der Waals surface area contributed by atoms with E-state index in [1.807, 2.05) is 12.1 Å². The molecule has 0 bridgehead atoms. The molecule has 0 saturated carbocycles. The maximum absolute atomic E-state index is 12.0. The summed E-state index contributed by atoms with van der Waals surface area (Å²) in [5.41, 5.74) is 1.70. The fourth-order valence-electron chi connectivity index (χ4n) is 2.08. The molecule has 0 unspecified atom stereocenters. The van der Waals surface area contributed by atoms with Crippen molar-refractivity contribution in [3.05, 3.63) is 58.6 Å². The van der Waals surface area contributed by atoms with E-state index in [1.165, 1.54) is 11.8 Å². The van der Waals surface area contributed by atoms with Crippen molar-refractivity contribution in [2.45, 2.75) is 0 Å². The van der Waals surface area contributed by atoms with Gasteiger partial charge in [0.2, 0.25) is 11.8 Å². The van der Waals surface area contributed by atoms with Gasteiger partial charge in [0.25, 0.3) is 5.91 Å². The third kappa shape index (κ3) is 6.53. The van der Waals surface area contributed by atoms with Gasteiger partial charge in [0.15, 0.2) is 0 Å². The number of carbonyl (C=O) groups excluding carboxylic acids is 3. The molecule has 3 amide bonds. The van der Waals surface area contributed by atoms with Crippen molar-refractivity contribution in [3.63, 3.8) is 0 Å². The van der Waals surface area contributed by atoms with Gasteiger partial charge < -0.3 is 16.0 Å². The Morgan fingerprint density at radius 2 is 1.50 bits per heavy atom. The molecule has 0 aromatic heterocycles. The van der Waals surface area contributed by atoms with Crippen LogP contribution in [0.2, 0.25) is 0 Å². The minimum absolute atomic E-state index is 0.135. The fraction of sp³-hybridized carbons (Fsp3) is 0.167. The summed E-state index contributed by atoms with van der Waals surface area (Å²) in [5.74, 6) is -0.338.